The average Bonchev–Trinajstić information content (AvgIpc) is 1.53. The van der Waals surface area contributed by atoms with Crippen LogP contribution in [-0.4, -0.2) is 43.6 Å². The Hall–Kier alpha value is -18.7. The zero-order valence-corrected chi connectivity index (χ0v) is 78.5. The summed E-state index contributed by atoms with van der Waals surface area (Å²) >= 11 is 3.59. The fraction of sp³-hybridized carbons (Fsp3) is 0. The zero-order chi connectivity index (χ0) is 98.6. The van der Waals surface area contributed by atoms with Crippen molar-refractivity contribution in [3.63, 3.8) is 0 Å². The molecule has 0 fully saturated rings. The standard InChI is InChI=1S/C60H35N3O.2C36H21N3S/c1-3-16-36(17-4-1)39-21-15-22-41(34-39)55-60(62-57-48-29-14-10-25-44(48)43-24-9-13-28-47(43)56(57)61-55)63-50-32-30-40(37-18-5-2-6-19-37)35-49(50)52-45-26-11-12-27-46(45)54-53-42-23-8-7-20-38(42)31-33-51(53)64-59(54)58(52)63;2*1-2-12-22(13-3-1)33-36(38-28-19-9-8-18-27(28)37-33)39-29-20-10-6-16-25(29)31-23-14-4-5-15-24(23)32-26-17-7-11-21-30(26)40-35(32)34(31)39/h1-35H;2*1-21H/i;1D,2D,3D,12D,13D;. The number of para-hydroxylation sites is 6. The van der Waals surface area contributed by atoms with Crippen LogP contribution >= 0.6 is 22.7 Å². The summed E-state index contributed by atoms with van der Waals surface area (Å²) in [6, 6.07) is 151. The molecule has 0 amide bonds. The molecule has 32 rings (SSSR count). The number of benzene rings is 23. The molecule has 10 nitrogen and oxygen atoms in total. The Morgan fingerprint density at radius 3 is 1.12 bits per heavy atom. The number of nitrogens with zero attached hydrogens (tertiary/aromatic N) is 9. The molecule has 0 aliphatic rings. The predicted molar refractivity (Wildman–Crippen MR) is 607 cm³/mol. The SMILES string of the molecule is [2H]c1c([2H])c([2H])c(-c2nc3ccccc3nc2-n2c3ccccc3c3c4ccccc4c4c5ccccc5sc4c32)c([2H])c1[2H].c1ccc(-c2cccc(-c3nc4c5ccccc5c5ccccc5c4nc3-n3c4ccc(-c5ccccc5)cc4c4c5ccccc5c5c(oc6ccc7ccccc7c65)c43)c2)cc1.c1ccc(-c2nc3ccccc3nc2-n2c3ccccc3c3c4ccccc4c4c5ccccc5sc4c32)cc1. The van der Waals surface area contributed by atoms with E-state index in [9.17, 15) is 0 Å². The normalized spacial score (nSPS) is 12.5. The third-order valence-corrected chi connectivity index (χ3v) is 31.3. The summed E-state index contributed by atoms with van der Waals surface area (Å²) in [5, 5.41) is 27.9. The minimum Gasteiger partial charge on any atom is -0.454 e. The Bertz CT molecular complexity index is 11400. The van der Waals surface area contributed by atoms with E-state index < -0.39 is 18.1 Å². The molecule has 0 N–H and O–H groups in total. The van der Waals surface area contributed by atoms with Gasteiger partial charge in [0, 0.05) is 101 Å². The van der Waals surface area contributed by atoms with Crippen molar-refractivity contribution >= 4 is 248 Å². The highest BCUT2D eigenvalue weighted by Crippen LogP contribution is 2.54. The van der Waals surface area contributed by atoms with Gasteiger partial charge in [0.25, 0.3) is 0 Å². The molecule has 23 aromatic carbocycles. The van der Waals surface area contributed by atoms with Gasteiger partial charge < -0.3 is 4.42 Å². The quantitative estimate of drug-likeness (QED) is 0.140. The highest BCUT2D eigenvalue weighted by atomic mass is 32.1. The Morgan fingerprint density at radius 2 is 0.583 bits per heavy atom. The molecule has 0 bridgehead atoms. The number of furan rings is 1. The third kappa shape index (κ3) is 12.4. The Balaban J connectivity index is 0.000000107. The van der Waals surface area contributed by atoms with Gasteiger partial charge in [-0.1, -0.05) is 394 Å². The number of fused-ring (bicyclic) bond motifs is 40. The van der Waals surface area contributed by atoms with Crippen LogP contribution in [-0.2, 0) is 0 Å². The lowest BCUT2D eigenvalue weighted by molar-refractivity contribution is 0.671. The van der Waals surface area contributed by atoms with Gasteiger partial charge in [-0.25, -0.2) is 29.9 Å². The van der Waals surface area contributed by atoms with Crippen molar-refractivity contribution < 1.29 is 11.3 Å². The maximum Gasteiger partial charge on any atom is 0.165 e. The number of rotatable bonds is 8. The first kappa shape index (κ1) is 76.3. The van der Waals surface area contributed by atoms with Crippen LogP contribution in [0.4, 0.5) is 0 Å². The second kappa shape index (κ2) is 32.4. The number of hydrogen-bond acceptors (Lipinski definition) is 9. The second-order valence-corrected chi connectivity index (χ2v) is 38.9. The maximum atomic E-state index is 8.89. The van der Waals surface area contributed by atoms with Crippen molar-refractivity contribution in [1.82, 2.24) is 43.6 Å². The van der Waals surface area contributed by atoms with Crippen LogP contribution < -0.4 is 0 Å². The smallest absolute Gasteiger partial charge is 0.165 e. The summed E-state index contributed by atoms with van der Waals surface area (Å²) in [5.41, 5.74) is 21.1. The molecular formula is C132H77N9OS2. The molecule has 9 heterocycles. The molecule has 0 unspecified atom stereocenters. The van der Waals surface area contributed by atoms with E-state index in [1.807, 2.05) is 78.1 Å². The van der Waals surface area contributed by atoms with Crippen molar-refractivity contribution in [2.24, 2.45) is 0 Å². The highest BCUT2D eigenvalue weighted by Gasteiger charge is 2.32. The topological polar surface area (TPSA) is 105 Å². The van der Waals surface area contributed by atoms with Crippen LogP contribution in [0.1, 0.15) is 6.85 Å². The van der Waals surface area contributed by atoms with Crippen LogP contribution in [0, 0.1) is 0 Å². The fourth-order valence-corrected chi connectivity index (χ4v) is 25.3. The minimum absolute atomic E-state index is 0.0218. The van der Waals surface area contributed by atoms with Gasteiger partial charge in [0.15, 0.2) is 23.0 Å². The summed E-state index contributed by atoms with van der Waals surface area (Å²) in [4.78, 5) is 32.4. The average molecular weight is 1870 g/mol. The highest BCUT2D eigenvalue weighted by molar-refractivity contribution is 7.27. The molecule has 0 aliphatic heterocycles. The van der Waals surface area contributed by atoms with Crippen LogP contribution in [0.15, 0.2) is 471 Å². The molecule has 144 heavy (non-hydrogen) atoms. The first-order valence-electron chi connectivity index (χ1n) is 50.8. The maximum absolute atomic E-state index is 8.89. The van der Waals surface area contributed by atoms with Gasteiger partial charge in [-0.3, -0.25) is 13.7 Å². The lowest BCUT2D eigenvalue weighted by Crippen LogP contribution is -2.05. The summed E-state index contributed by atoms with van der Waals surface area (Å²) in [5.74, 6) is 2.00. The lowest BCUT2D eigenvalue weighted by Gasteiger charge is -2.17. The first-order valence-corrected chi connectivity index (χ1v) is 49.9. The molecule has 0 spiro atoms. The van der Waals surface area contributed by atoms with E-state index in [2.05, 4.69) is 384 Å². The van der Waals surface area contributed by atoms with Gasteiger partial charge in [-0.15, -0.1) is 22.7 Å². The van der Waals surface area contributed by atoms with E-state index in [-0.39, 0.29) is 23.3 Å². The van der Waals surface area contributed by atoms with E-state index in [4.69, 9.17) is 41.2 Å². The van der Waals surface area contributed by atoms with Gasteiger partial charge in [0.2, 0.25) is 0 Å². The molecule has 0 atom stereocenters. The molecule has 0 saturated heterocycles. The predicted octanol–water partition coefficient (Wildman–Crippen LogP) is 36.1. The Labute approximate surface area is 837 Å². The summed E-state index contributed by atoms with van der Waals surface area (Å²) in [6.45, 7) is 0. The van der Waals surface area contributed by atoms with E-state index in [0.29, 0.717) is 16.9 Å². The van der Waals surface area contributed by atoms with Gasteiger partial charge >= 0.3 is 0 Å². The second-order valence-electron chi connectivity index (χ2n) is 36.8. The molecule has 9 aromatic heterocycles. The molecular weight excluding hydrogens is 1790 g/mol. The van der Waals surface area contributed by atoms with E-state index >= 15 is 0 Å². The molecule has 0 aliphatic carbocycles. The monoisotopic (exact) mass is 1870 g/mol. The van der Waals surface area contributed by atoms with Gasteiger partial charge in [-0.2, -0.15) is 0 Å². The van der Waals surface area contributed by atoms with Crippen molar-refractivity contribution in [2.75, 3.05) is 0 Å². The number of hydrogen-bond donors (Lipinski definition) is 0. The Kier molecular flexibility index (Phi) is 17.2. The van der Waals surface area contributed by atoms with Crippen molar-refractivity contribution in [1.29, 1.82) is 0 Å². The van der Waals surface area contributed by atoms with Crippen LogP contribution in [0.5, 0.6) is 0 Å². The van der Waals surface area contributed by atoms with Gasteiger partial charge in [0.1, 0.15) is 22.7 Å². The number of thiophene rings is 2. The third-order valence-electron chi connectivity index (χ3n) is 28.9. The van der Waals surface area contributed by atoms with Crippen LogP contribution in [0.3, 0.4) is 0 Å². The summed E-state index contributed by atoms with van der Waals surface area (Å²) in [7, 11) is 0. The van der Waals surface area contributed by atoms with E-state index in [0.717, 1.165) is 207 Å². The van der Waals surface area contributed by atoms with Crippen molar-refractivity contribution in [3.05, 3.63) is 467 Å². The van der Waals surface area contributed by atoms with Crippen LogP contribution in [0.25, 0.3) is 299 Å². The lowest BCUT2D eigenvalue weighted by atomic mass is 9.96. The fourth-order valence-electron chi connectivity index (χ4n) is 22.8. The largest absolute Gasteiger partial charge is 0.454 e. The minimum atomic E-state index is -0.445. The number of aromatic nitrogens is 9. The van der Waals surface area contributed by atoms with Gasteiger partial charge in [0.05, 0.1) is 82.5 Å². The molecule has 32 aromatic rings. The molecule has 0 saturated carbocycles. The molecule has 12 heteroatoms. The van der Waals surface area contributed by atoms with Crippen molar-refractivity contribution in [2.45, 2.75) is 0 Å². The Morgan fingerprint density at radius 1 is 0.215 bits per heavy atom. The summed E-state index contributed by atoms with van der Waals surface area (Å²) < 4.78 is 61.8. The summed E-state index contributed by atoms with van der Waals surface area (Å²) in [6.07, 6.45) is 0. The van der Waals surface area contributed by atoms with Crippen LogP contribution in [0.2, 0.25) is 0 Å². The molecule has 0 radical (unpaired) electrons. The van der Waals surface area contributed by atoms with Gasteiger partial charge in [-0.05, 0) is 149 Å². The van der Waals surface area contributed by atoms with E-state index in [1.165, 1.54) is 63.4 Å². The van der Waals surface area contributed by atoms with E-state index in [1.54, 1.807) is 11.3 Å². The first-order chi connectivity index (χ1) is 73.6. The zero-order valence-electron chi connectivity index (χ0n) is 81.8. The van der Waals surface area contributed by atoms with Crippen molar-refractivity contribution in [3.8, 4) is 73.5 Å². The molecule has 668 valence electrons.